The van der Waals surface area contributed by atoms with Crippen LogP contribution in [0.2, 0.25) is 10.0 Å². The van der Waals surface area contributed by atoms with Crippen molar-refractivity contribution in [2.45, 2.75) is 18.8 Å². The van der Waals surface area contributed by atoms with Crippen LogP contribution in [0.1, 0.15) is 24.7 Å². The Morgan fingerprint density at radius 2 is 2.07 bits per heavy atom. The van der Waals surface area contributed by atoms with Gasteiger partial charge in [-0.1, -0.05) is 29.3 Å². The summed E-state index contributed by atoms with van der Waals surface area (Å²) >= 11 is 13.7. The summed E-state index contributed by atoms with van der Waals surface area (Å²) in [5.41, 5.74) is 1.48. The predicted molar refractivity (Wildman–Crippen MR) is 111 cm³/mol. The summed E-state index contributed by atoms with van der Waals surface area (Å²) < 4.78 is 5.85. The van der Waals surface area contributed by atoms with Crippen molar-refractivity contribution in [3.63, 3.8) is 0 Å². The average Bonchev–Trinajstić information content (AvgIpc) is 3.37. The fraction of sp³-hybridized carbons (Fsp3) is 0.316. The van der Waals surface area contributed by atoms with Crippen LogP contribution < -0.4 is 5.32 Å². The third-order valence-corrected chi connectivity index (χ3v) is 6.24. The Hall–Kier alpha value is -1.93. The van der Waals surface area contributed by atoms with E-state index < -0.39 is 0 Å². The number of amides is 1. The number of benzene rings is 1. The number of thiophene rings is 1. The highest BCUT2D eigenvalue weighted by molar-refractivity contribution is 7.08. The lowest BCUT2D eigenvalue weighted by Gasteiger charge is -2.29. The molecule has 3 heterocycles. The maximum atomic E-state index is 12.3. The molecule has 28 heavy (non-hydrogen) atoms. The zero-order valence-electron chi connectivity index (χ0n) is 14.9. The molecule has 0 saturated carbocycles. The van der Waals surface area contributed by atoms with E-state index in [1.807, 2.05) is 16.8 Å². The standard InChI is InChI=1S/C19H18Cl2N4O2S/c20-14-2-1-3-15(17(14)21)22-16(26)10-25-7-4-12(5-8-25)18-23-24-19(27-18)13-6-9-28-11-13/h1-3,6,9,11-12H,4-5,7-8,10H2,(H,22,26). The highest BCUT2D eigenvalue weighted by Gasteiger charge is 2.26. The molecular formula is C19H18Cl2N4O2S. The topological polar surface area (TPSA) is 71.3 Å². The molecule has 0 spiro atoms. The van der Waals surface area contributed by atoms with E-state index in [1.54, 1.807) is 29.5 Å². The molecule has 1 amide bonds. The molecule has 1 fully saturated rings. The van der Waals surface area contributed by atoms with Crippen molar-refractivity contribution in [2.75, 3.05) is 25.0 Å². The molecule has 1 N–H and O–H groups in total. The van der Waals surface area contributed by atoms with Gasteiger partial charge in [-0.05, 0) is 49.5 Å². The molecule has 4 rings (SSSR count). The molecule has 1 aromatic carbocycles. The number of piperidine rings is 1. The highest BCUT2D eigenvalue weighted by atomic mass is 35.5. The number of carbonyl (C=O) groups excluding carboxylic acids is 1. The van der Waals surface area contributed by atoms with Gasteiger partial charge in [0, 0.05) is 16.9 Å². The average molecular weight is 437 g/mol. The molecule has 6 nitrogen and oxygen atoms in total. The van der Waals surface area contributed by atoms with Crippen molar-refractivity contribution in [3.05, 3.63) is 51.0 Å². The fourth-order valence-corrected chi connectivity index (χ4v) is 4.21. The Kier molecular flexibility index (Phi) is 5.96. The van der Waals surface area contributed by atoms with Gasteiger partial charge in [0.25, 0.3) is 0 Å². The number of halogens is 2. The van der Waals surface area contributed by atoms with Crippen LogP contribution in [0, 0.1) is 0 Å². The molecule has 1 saturated heterocycles. The summed E-state index contributed by atoms with van der Waals surface area (Å²) in [5, 5.41) is 15.9. The van der Waals surface area contributed by atoms with E-state index in [4.69, 9.17) is 27.6 Å². The minimum absolute atomic E-state index is 0.111. The minimum atomic E-state index is -0.111. The van der Waals surface area contributed by atoms with E-state index in [0.29, 0.717) is 34.1 Å². The summed E-state index contributed by atoms with van der Waals surface area (Å²) in [4.78, 5) is 14.4. The Morgan fingerprint density at radius 1 is 1.25 bits per heavy atom. The SMILES string of the molecule is O=C(CN1CCC(c2nnc(-c3ccsc3)o2)CC1)Nc1cccc(Cl)c1Cl. The van der Waals surface area contributed by atoms with Crippen LogP contribution in [0.3, 0.4) is 0 Å². The van der Waals surface area contributed by atoms with Crippen LogP contribution in [0.15, 0.2) is 39.4 Å². The van der Waals surface area contributed by atoms with Crippen molar-refractivity contribution < 1.29 is 9.21 Å². The Balaban J connectivity index is 1.29. The maximum Gasteiger partial charge on any atom is 0.248 e. The molecule has 0 bridgehead atoms. The highest BCUT2D eigenvalue weighted by Crippen LogP contribution is 2.31. The van der Waals surface area contributed by atoms with E-state index in [0.717, 1.165) is 31.5 Å². The largest absolute Gasteiger partial charge is 0.420 e. The maximum absolute atomic E-state index is 12.3. The lowest BCUT2D eigenvalue weighted by atomic mass is 9.97. The van der Waals surface area contributed by atoms with Crippen LogP contribution >= 0.6 is 34.5 Å². The summed E-state index contributed by atoms with van der Waals surface area (Å²) in [5.74, 6) is 1.36. The Morgan fingerprint density at radius 3 is 2.82 bits per heavy atom. The van der Waals surface area contributed by atoms with E-state index in [-0.39, 0.29) is 11.8 Å². The summed E-state index contributed by atoms with van der Waals surface area (Å²) in [6.07, 6.45) is 1.74. The van der Waals surface area contributed by atoms with Crippen LogP contribution in [-0.2, 0) is 4.79 Å². The monoisotopic (exact) mass is 436 g/mol. The number of nitrogens with zero attached hydrogens (tertiary/aromatic N) is 3. The van der Waals surface area contributed by atoms with E-state index in [2.05, 4.69) is 20.4 Å². The lowest BCUT2D eigenvalue weighted by Crippen LogP contribution is -2.38. The zero-order chi connectivity index (χ0) is 19.5. The fourth-order valence-electron chi connectivity index (χ4n) is 3.23. The second-order valence-corrected chi connectivity index (χ2v) is 8.22. The van der Waals surface area contributed by atoms with E-state index >= 15 is 0 Å². The van der Waals surface area contributed by atoms with Crippen LogP contribution in [-0.4, -0.2) is 40.6 Å². The second-order valence-electron chi connectivity index (χ2n) is 6.66. The third-order valence-electron chi connectivity index (χ3n) is 4.74. The smallest absolute Gasteiger partial charge is 0.248 e. The molecular weight excluding hydrogens is 419 g/mol. The molecule has 0 unspecified atom stereocenters. The number of hydrogen-bond acceptors (Lipinski definition) is 6. The summed E-state index contributed by atoms with van der Waals surface area (Å²) in [6.45, 7) is 1.88. The first-order chi connectivity index (χ1) is 13.6. The van der Waals surface area contributed by atoms with Crippen molar-refractivity contribution in [1.82, 2.24) is 15.1 Å². The van der Waals surface area contributed by atoms with Gasteiger partial charge in [0.15, 0.2) is 0 Å². The number of carbonyl (C=O) groups is 1. The van der Waals surface area contributed by atoms with Gasteiger partial charge in [-0.15, -0.1) is 10.2 Å². The first-order valence-corrected chi connectivity index (χ1v) is 10.6. The van der Waals surface area contributed by atoms with Gasteiger partial charge >= 0.3 is 0 Å². The number of rotatable bonds is 5. The number of likely N-dealkylation sites (tertiary alicyclic amines) is 1. The normalized spacial score (nSPS) is 15.6. The molecule has 1 aliphatic heterocycles. The van der Waals surface area contributed by atoms with Crippen LogP contribution in [0.25, 0.3) is 11.5 Å². The third kappa shape index (κ3) is 4.38. The van der Waals surface area contributed by atoms with Crippen molar-refractivity contribution >= 4 is 46.1 Å². The molecule has 0 aliphatic carbocycles. The predicted octanol–water partition coefficient (Wildman–Crippen LogP) is 4.92. The Labute approximate surface area is 176 Å². The van der Waals surface area contributed by atoms with Gasteiger partial charge in [0.1, 0.15) is 0 Å². The van der Waals surface area contributed by atoms with Gasteiger partial charge in [-0.3, -0.25) is 9.69 Å². The van der Waals surface area contributed by atoms with E-state index in [9.17, 15) is 4.79 Å². The molecule has 146 valence electrons. The molecule has 0 atom stereocenters. The number of aromatic nitrogens is 2. The molecule has 9 heteroatoms. The molecule has 2 aromatic heterocycles. The first kappa shape index (κ1) is 19.4. The summed E-state index contributed by atoms with van der Waals surface area (Å²) in [7, 11) is 0. The Bertz CT molecular complexity index is 953. The zero-order valence-corrected chi connectivity index (χ0v) is 17.2. The van der Waals surface area contributed by atoms with Gasteiger partial charge in [0.2, 0.25) is 17.7 Å². The second kappa shape index (κ2) is 8.61. The quantitative estimate of drug-likeness (QED) is 0.614. The number of hydrogen-bond donors (Lipinski definition) is 1. The van der Waals surface area contributed by atoms with Crippen molar-refractivity contribution in [3.8, 4) is 11.5 Å². The van der Waals surface area contributed by atoms with Gasteiger partial charge in [-0.2, -0.15) is 11.3 Å². The number of nitrogens with one attached hydrogen (secondary N) is 1. The molecule has 1 aliphatic rings. The van der Waals surface area contributed by atoms with Crippen molar-refractivity contribution in [1.29, 1.82) is 0 Å². The van der Waals surface area contributed by atoms with Crippen LogP contribution in [0.4, 0.5) is 5.69 Å². The van der Waals surface area contributed by atoms with Crippen molar-refractivity contribution in [2.24, 2.45) is 0 Å². The molecule has 0 radical (unpaired) electrons. The van der Waals surface area contributed by atoms with Crippen LogP contribution in [0.5, 0.6) is 0 Å². The van der Waals surface area contributed by atoms with Gasteiger partial charge in [-0.25, -0.2) is 0 Å². The molecule has 3 aromatic rings. The minimum Gasteiger partial charge on any atom is -0.420 e. The summed E-state index contributed by atoms with van der Waals surface area (Å²) in [6, 6.07) is 7.14. The van der Waals surface area contributed by atoms with Gasteiger partial charge in [0.05, 0.1) is 22.3 Å². The lowest BCUT2D eigenvalue weighted by molar-refractivity contribution is -0.117. The van der Waals surface area contributed by atoms with Gasteiger partial charge < -0.3 is 9.73 Å². The first-order valence-electron chi connectivity index (χ1n) is 8.92. The van der Waals surface area contributed by atoms with E-state index in [1.165, 1.54) is 0 Å². The number of anilines is 1.